The number of hydrogen-bond donors (Lipinski definition) is 1. The maximum atomic E-state index is 11.3. The van der Waals surface area contributed by atoms with Crippen molar-refractivity contribution in [2.45, 2.75) is 6.92 Å². The van der Waals surface area contributed by atoms with Gasteiger partial charge in [0.2, 0.25) is 0 Å². The molecule has 1 aromatic heterocycles. The van der Waals surface area contributed by atoms with Crippen LogP contribution in [0.4, 0.5) is 0 Å². The van der Waals surface area contributed by atoms with Crippen LogP contribution >= 0.6 is 0 Å². The molecule has 0 spiro atoms. The Labute approximate surface area is 132 Å². The lowest BCUT2D eigenvalue weighted by molar-refractivity contribution is -0.145. The first-order valence-electron chi connectivity index (χ1n) is 7.11. The number of phenolic OH excluding ortho intramolecular Hbond substituents is 1. The summed E-state index contributed by atoms with van der Waals surface area (Å²) in [5.41, 5.74) is 1.88. The van der Waals surface area contributed by atoms with Gasteiger partial charge in [0.05, 0.1) is 6.61 Å². The van der Waals surface area contributed by atoms with E-state index in [-0.39, 0.29) is 12.4 Å². The van der Waals surface area contributed by atoms with E-state index in [0.29, 0.717) is 18.0 Å². The first kappa shape index (κ1) is 14.8. The van der Waals surface area contributed by atoms with Gasteiger partial charge in [-0.2, -0.15) is 0 Å². The predicted octanol–water partition coefficient (Wildman–Crippen LogP) is 2.07. The summed E-state index contributed by atoms with van der Waals surface area (Å²) in [6.45, 7) is 1.81. The second kappa shape index (κ2) is 6.35. The van der Waals surface area contributed by atoms with Crippen molar-refractivity contribution in [2.75, 3.05) is 13.2 Å². The molecule has 23 heavy (non-hydrogen) atoms. The molecule has 0 saturated carbocycles. The van der Waals surface area contributed by atoms with Crippen LogP contribution in [-0.2, 0) is 9.53 Å². The van der Waals surface area contributed by atoms with Gasteiger partial charge in [-0.05, 0) is 31.2 Å². The second-order valence-corrected chi connectivity index (χ2v) is 4.72. The van der Waals surface area contributed by atoms with Gasteiger partial charge in [0.25, 0.3) is 0 Å². The molecule has 0 aliphatic heterocycles. The summed E-state index contributed by atoms with van der Waals surface area (Å²) in [7, 11) is 0. The Kier molecular flexibility index (Phi) is 4.09. The van der Waals surface area contributed by atoms with Crippen molar-refractivity contribution in [3.05, 3.63) is 42.5 Å². The van der Waals surface area contributed by atoms with Crippen LogP contribution in [0, 0.1) is 0 Å². The molecule has 0 fully saturated rings. The van der Waals surface area contributed by atoms with E-state index in [1.54, 1.807) is 19.1 Å². The second-order valence-electron chi connectivity index (χ2n) is 4.72. The van der Waals surface area contributed by atoms with E-state index in [4.69, 9.17) is 9.47 Å². The molecule has 0 unspecified atom stereocenters. The maximum absolute atomic E-state index is 11.3. The molecule has 3 aromatic rings. The van der Waals surface area contributed by atoms with Gasteiger partial charge in [0.15, 0.2) is 6.61 Å². The minimum Gasteiger partial charge on any atom is -0.505 e. The Morgan fingerprint density at radius 2 is 1.87 bits per heavy atom. The average Bonchev–Trinajstić information content (AvgIpc) is 2.97. The fraction of sp³-hybridized carbons (Fsp3) is 0.188. The molecule has 0 aliphatic carbocycles. The molecule has 0 amide bonds. The quantitative estimate of drug-likeness (QED) is 0.726. The lowest BCUT2D eigenvalue weighted by Crippen LogP contribution is -2.14. The predicted molar refractivity (Wildman–Crippen MR) is 82.7 cm³/mol. The summed E-state index contributed by atoms with van der Waals surface area (Å²) < 4.78 is 10.0. The van der Waals surface area contributed by atoms with Crippen LogP contribution in [0.5, 0.6) is 11.5 Å². The number of fused-ring (bicyclic) bond motifs is 1. The molecule has 2 aromatic carbocycles. The summed E-state index contributed by atoms with van der Waals surface area (Å²) in [4.78, 5) is 12.6. The highest BCUT2D eigenvalue weighted by atomic mass is 16.6. The van der Waals surface area contributed by atoms with Gasteiger partial charge in [0, 0.05) is 6.07 Å². The number of aromatic hydroxyl groups is 1. The molecule has 1 N–H and O–H groups in total. The van der Waals surface area contributed by atoms with Crippen LogP contribution in [0.2, 0.25) is 0 Å². The molecule has 3 rings (SSSR count). The molecule has 1 heterocycles. The third kappa shape index (κ3) is 3.23. The van der Waals surface area contributed by atoms with Gasteiger partial charge in [0.1, 0.15) is 28.2 Å². The number of phenols is 1. The molecule has 0 saturated heterocycles. The van der Waals surface area contributed by atoms with Crippen molar-refractivity contribution in [2.24, 2.45) is 0 Å². The van der Waals surface area contributed by atoms with Crippen LogP contribution in [0.3, 0.4) is 0 Å². The number of esters is 1. The number of nitrogens with zero attached hydrogens (tertiary/aromatic N) is 3. The fourth-order valence-electron chi connectivity index (χ4n) is 2.07. The standard InChI is InChI=1S/C16H15N3O4/c1-2-22-16(21)10-23-11-7-8-14(15(20)9-11)19-17-12-5-3-4-6-13(12)18-19/h3-9,20H,2,10H2,1H3. The van der Waals surface area contributed by atoms with Gasteiger partial charge in [-0.25, -0.2) is 4.79 Å². The van der Waals surface area contributed by atoms with Crippen molar-refractivity contribution in [3.8, 4) is 17.2 Å². The highest BCUT2D eigenvalue weighted by Gasteiger charge is 2.10. The van der Waals surface area contributed by atoms with E-state index in [1.807, 2.05) is 24.3 Å². The van der Waals surface area contributed by atoms with E-state index in [2.05, 4.69) is 10.2 Å². The van der Waals surface area contributed by atoms with Crippen molar-refractivity contribution >= 4 is 17.0 Å². The van der Waals surface area contributed by atoms with E-state index >= 15 is 0 Å². The number of carbonyl (C=O) groups excluding carboxylic acids is 1. The summed E-state index contributed by atoms with van der Waals surface area (Å²) in [5, 5.41) is 18.7. The molecule has 0 radical (unpaired) electrons. The minimum absolute atomic E-state index is 0.0494. The molecule has 7 heteroatoms. The third-order valence-electron chi connectivity index (χ3n) is 3.11. The van der Waals surface area contributed by atoms with E-state index < -0.39 is 5.97 Å². The lowest BCUT2D eigenvalue weighted by Gasteiger charge is -2.08. The first-order chi connectivity index (χ1) is 11.2. The number of rotatable bonds is 5. The SMILES string of the molecule is CCOC(=O)COc1ccc(-n2nc3ccccc3n2)c(O)c1. The normalized spacial score (nSPS) is 10.7. The van der Waals surface area contributed by atoms with Crippen molar-refractivity contribution in [3.63, 3.8) is 0 Å². The van der Waals surface area contributed by atoms with Crippen LogP contribution in [0.1, 0.15) is 6.92 Å². The summed E-state index contributed by atoms with van der Waals surface area (Å²) >= 11 is 0. The van der Waals surface area contributed by atoms with Crippen LogP contribution in [0.25, 0.3) is 16.7 Å². The van der Waals surface area contributed by atoms with Crippen LogP contribution in [0.15, 0.2) is 42.5 Å². The number of ether oxygens (including phenoxy) is 2. The number of benzene rings is 2. The molecular weight excluding hydrogens is 298 g/mol. The smallest absolute Gasteiger partial charge is 0.344 e. The Balaban J connectivity index is 1.80. The van der Waals surface area contributed by atoms with E-state index in [9.17, 15) is 9.90 Å². The minimum atomic E-state index is -0.462. The Morgan fingerprint density at radius 1 is 1.17 bits per heavy atom. The van der Waals surface area contributed by atoms with E-state index in [0.717, 1.165) is 11.0 Å². The zero-order valence-corrected chi connectivity index (χ0v) is 12.5. The topological polar surface area (TPSA) is 86.5 Å². The summed E-state index contributed by atoms with van der Waals surface area (Å²) in [5.74, 6) is -0.154. The number of aromatic nitrogens is 3. The van der Waals surface area contributed by atoms with Gasteiger partial charge < -0.3 is 14.6 Å². The zero-order chi connectivity index (χ0) is 16.2. The highest BCUT2D eigenvalue weighted by Crippen LogP contribution is 2.26. The first-order valence-corrected chi connectivity index (χ1v) is 7.11. The monoisotopic (exact) mass is 313 g/mol. The molecule has 7 nitrogen and oxygen atoms in total. The van der Waals surface area contributed by atoms with Crippen molar-refractivity contribution in [1.82, 2.24) is 15.0 Å². The van der Waals surface area contributed by atoms with Gasteiger partial charge in [-0.15, -0.1) is 15.0 Å². The maximum Gasteiger partial charge on any atom is 0.344 e. The van der Waals surface area contributed by atoms with Gasteiger partial charge in [-0.3, -0.25) is 0 Å². The summed E-state index contributed by atoms with van der Waals surface area (Å²) in [6, 6.07) is 12.1. The molecule has 0 atom stereocenters. The molecule has 118 valence electrons. The number of carbonyl (C=O) groups is 1. The lowest BCUT2D eigenvalue weighted by atomic mass is 10.3. The van der Waals surface area contributed by atoms with Crippen molar-refractivity contribution < 1.29 is 19.4 Å². The van der Waals surface area contributed by atoms with E-state index in [1.165, 1.54) is 10.9 Å². The molecule has 0 aliphatic rings. The van der Waals surface area contributed by atoms with Crippen molar-refractivity contribution in [1.29, 1.82) is 0 Å². The summed E-state index contributed by atoms with van der Waals surface area (Å²) in [6.07, 6.45) is 0. The molecular formula is C16H15N3O4. The Morgan fingerprint density at radius 3 is 2.48 bits per heavy atom. The third-order valence-corrected chi connectivity index (χ3v) is 3.11. The van der Waals surface area contributed by atoms with Crippen LogP contribution < -0.4 is 4.74 Å². The highest BCUT2D eigenvalue weighted by molar-refractivity contribution is 5.73. The number of hydrogen-bond acceptors (Lipinski definition) is 6. The molecule has 0 bridgehead atoms. The largest absolute Gasteiger partial charge is 0.505 e. The Bertz CT molecular complexity index is 811. The Hall–Kier alpha value is -3.09. The van der Waals surface area contributed by atoms with Crippen LogP contribution in [-0.4, -0.2) is 39.3 Å². The zero-order valence-electron chi connectivity index (χ0n) is 12.5. The van der Waals surface area contributed by atoms with Gasteiger partial charge >= 0.3 is 5.97 Å². The average molecular weight is 313 g/mol. The fourth-order valence-corrected chi connectivity index (χ4v) is 2.07. The van der Waals surface area contributed by atoms with Gasteiger partial charge in [-0.1, -0.05) is 12.1 Å².